The summed E-state index contributed by atoms with van der Waals surface area (Å²) in [7, 11) is -3.82. The summed E-state index contributed by atoms with van der Waals surface area (Å²) in [6.07, 6.45) is 0. The number of nitrogens with one attached hydrogen (secondary N) is 1. The maximum Gasteiger partial charge on any atom is 0.264 e. The molecule has 166 valence electrons. The van der Waals surface area contributed by atoms with E-state index in [-0.39, 0.29) is 35.7 Å². The Morgan fingerprint density at radius 1 is 1.00 bits per heavy atom. The number of carbonyl (C=O) groups excluding carboxylic acids is 1. The standard InChI is InChI=1S/C24H24N2O5S/c1-3-26(20-9-5-4-6-10-20)32(28,29)21-11-7-8-19(14-21)24(27)25-17(2)18-12-13-22-23(15-18)31-16-30-22/h4-15,17H,3,16H2,1-2H3,(H,25,27). The van der Waals surface area contributed by atoms with E-state index in [1.54, 1.807) is 49.4 Å². The van der Waals surface area contributed by atoms with Crippen LogP contribution in [0.5, 0.6) is 11.5 Å². The van der Waals surface area contributed by atoms with E-state index in [0.717, 1.165) is 5.56 Å². The van der Waals surface area contributed by atoms with E-state index in [1.165, 1.54) is 16.4 Å². The summed E-state index contributed by atoms with van der Waals surface area (Å²) >= 11 is 0. The lowest BCUT2D eigenvalue weighted by atomic mass is 10.1. The van der Waals surface area contributed by atoms with Crippen LogP contribution in [0.2, 0.25) is 0 Å². The highest BCUT2D eigenvalue weighted by Gasteiger charge is 2.25. The monoisotopic (exact) mass is 452 g/mol. The van der Waals surface area contributed by atoms with Gasteiger partial charge in [-0.2, -0.15) is 0 Å². The molecule has 1 aliphatic rings. The molecule has 0 saturated heterocycles. The minimum atomic E-state index is -3.82. The topological polar surface area (TPSA) is 84.9 Å². The van der Waals surface area contributed by atoms with E-state index >= 15 is 0 Å². The zero-order chi connectivity index (χ0) is 22.7. The Labute approximate surface area is 187 Å². The number of hydrogen-bond acceptors (Lipinski definition) is 5. The van der Waals surface area contributed by atoms with Gasteiger partial charge in [-0.25, -0.2) is 8.42 Å². The highest BCUT2D eigenvalue weighted by Crippen LogP contribution is 2.34. The van der Waals surface area contributed by atoms with Gasteiger partial charge in [0.2, 0.25) is 6.79 Å². The van der Waals surface area contributed by atoms with E-state index < -0.39 is 10.0 Å². The van der Waals surface area contributed by atoms with Crippen LogP contribution in [0.15, 0.2) is 77.7 Å². The molecule has 1 heterocycles. The van der Waals surface area contributed by atoms with Crippen molar-refractivity contribution in [2.75, 3.05) is 17.6 Å². The normalized spacial score (nSPS) is 13.4. The molecule has 0 fully saturated rings. The molecular weight excluding hydrogens is 428 g/mol. The maximum absolute atomic E-state index is 13.3. The summed E-state index contributed by atoms with van der Waals surface area (Å²) in [6.45, 7) is 4.07. The Kier molecular flexibility index (Phi) is 6.05. The first kappa shape index (κ1) is 21.7. The van der Waals surface area contributed by atoms with Gasteiger partial charge in [-0.15, -0.1) is 0 Å². The first-order valence-corrected chi connectivity index (χ1v) is 11.7. The average Bonchev–Trinajstić information content (AvgIpc) is 3.28. The van der Waals surface area contributed by atoms with Crippen LogP contribution in [-0.4, -0.2) is 27.7 Å². The van der Waals surface area contributed by atoms with Gasteiger partial charge in [0.1, 0.15) is 0 Å². The van der Waals surface area contributed by atoms with E-state index in [4.69, 9.17) is 9.47 Å². The Bertz CT molecular complexity index is 1230. The molecule has 1 unspecified atom stereocenters. The SMILES string of the molecule is CCN(c1ccccc1)S(=O)(=O)c1cccc(C(=O)NC(C)c2ccc3c(c2)OCO3)c1. The van der Waals surface area contributed by atoms with Crippen molar-refractivity contribution in [3.63, 3.8) is 0 Å². The number of sulfonamides is 1. The number of carbonyl (C=O) groups is 1. The van der Waals surface area contributed by atoms with Gasteiger partial charge in [-0.1, -0.05) is 30.3 Å². The summed E-state index contributed by atoms with van der Waals surface area (Å²) < 4.78 is 38.6. The summed E-state index contributed by atoms with van der Waals surface area (Å²) in [5.74, 6) is 0.941. The second kappa shape index (κ2) is 8.92. The van der Waals surface area contributed by atoms with Crippen LogP contribution in [0.1, 0.15) is 35.8 Å². The third kappa shape index (κ3) is 4.27. The Morgan fingerprint density at radius 3 is 2.50 bits per heavy atom. The van der Waals surface area contributed by atoms with Crippen LogP contribution in [-0.2, 0) is 10.0 Å². The lowest BCUT2D eigenvalue weighted by Gasteiger charge is -2.23. The molecule has 3 aromatic carbocycles. The third-order valence-corrected chi connectivity index (χ3v) is 7.16. The Hall–Kier alpha value is -3.52. The Balaban J connectivity index is 1.55. The molecule has 0 saturated carbocycles. The van der Waals surface area contributed by atoms with Gasteiger partial charge in [-0.05, 0) is 61.9 Å². The highest BCUT2D eigenvalue weighted by atomic mass is 32.2. The number of rotatable bonds is 7. The van der Waals surface area contributed by atoms with E-state index in [9.17, 15) is 13.2 Å². The maximum atomic E-state index is 13.3. The molecule has 0 spiro atoms. The second-order valence-electron chi connectivity index (χ2n) is 7.34. The van der Waals surface area contributed by atoms with E-state index in [1.807, 2.05) is 25.1 Å². The lowest BCUT2D eigenvalue weighted by Crippen LogP contribution is -2.31. The first-order chi connectivity index (χ1) is 15.4. The van der Waals surface area contributed by atoms with Crippen LogP contribution in [0.25, 0.3) is 0 Å². The fourth-order valence-corrected chi connectivity index (χ4v) is 5.08. The van der Waals surface area contributed by atoms with Crippen molar-refractivity contribution < 1.29 is 22.7 Å². The first-order valence-electron chi connectivity index (χ1n) is 10.3. The van der Waals surface area contributed by atoms with Crippen LogP contribution in [0.4, 0.5) is 5.69 Å². The minimum Gasteiger partial charge on any atom is -0.454 e. The molecule has 1 N–H and O–H groups in total. The van der Waals surface area contributed by atoms with Crippen LogP contribution in [0.3, 0.4) is 0 Å². The number of fused-ring (bicyclic) bond motifs is 1. The molecule has 0 bridgehead atoms. The number of anilines is 1. The quantitative estimate of drug-likeness (QED) is 0.583. The van der Waals surface area contributed by atoms with Crippen molar-refractivity contribution in [3.05, 3.63) is 83.9 Å². The summed E-state index contributed by atoms with van der Waals surface area (Å²) in [6, 6.07) is 20.1. The van der Waals surface area contributed by atoms with Gasteiger partial charge < -0.3 is 14.8 Å². The van der Waals surface area contributed by atoms with Crippen molar-refractivity contribution in [2.24, 2.45) is 0 Å². The van der Waals surface area contributed by atoms with Crippen molar-refractivity contribution in [1.29, 1.82) is 0 Å². The number of para-hydroxylation sites is 1. The van der Waals surface area contributed by atoms with Gasteiger partial charge in [0, 0.05) is 12.1 Å². The fourth-order valence-electron chi connectivity index (χ4n) is 3.56. The van der Waals surface area contributed by atoms with Crippen LogP contribution >= 0.6 is 0 Å². The van der Waals surface area contributed by atoms with Crippen LogP contribution < -0.4 is 19.1 Å². The number of hydrogen-bond donors (Lipinski definition) is 1. The molecule has 3 aromatic rings. The molecule has 1 amide bonds. The van der Waals surface area contributed by atoms with Crippen molar-refractivity contribution in [1.82, 2.24) is 5.32 Å². The highest BCUT2D eigenvalue weighted by molar-refractivity contribution is 7.92. The molecule has 7 nitrogen and oxygen atoms in total. The Morgan fingerprint density at radius 2 is 1.75 bits per heavy atom. The van der Waals surface area contributed by atoms with Gasteiger partial charge in [0.25, 0.3) is 15.9 Å². The largest absolute Gasteiger partial charge is 0.454 e. The molecule has 0 radical (unpaired) electrons. The van der Waals surface area contributed by atoms with Crippen LogP contribution in [0, 0.1) is 0 Å². The number of benzene rings is 3. The fraction of sp³-hybridized carbons (Fsp3) is 0.208. The minimum absolute atomic E-state index is 0.0617. The van der Waals surface area contributed by atoms with E-state index in [2.05, 4.69) is 5.32 Å². The molecular formula is C24H24N2O5S. The second-order valence-corrected chi connectivity index (χ2v) is 9.20. The van der Waals surface area contributed by atoms with Gasteiger partial charge in [0.05, 0.1) is 16.6 Å². The average molecular weight is 453 g/mol. The molecule has 1 aliphatic heterocycles. The number of amides is 1. The molecule has 8 heteroatoms. The lowest BCUT2D eigenvalue weighted by molar-refractivity contribution is 0.0939. The molecule has 1 atom stereocenters. The van der Waals surface area contributed by atoms with Gasteiger partial charge in [0.15, 0.2) is 11.5 Å². The van der Waals surface area contributed by atoms with Crippen molar-refractivity contribution in [2.45, 2.75) is 24.8 Å². The van der Waals surface area contributed by atoms with Gasteiger partial charge >= 0.3 is 0 Å². The van der Waals surface area contributed by atoms with E-state index in [0.29, 0.717) is 17.2 Å². The predicted octanol–water partition coefficient (Wildman–Crippen LogP) is 4.12. The third-order valence-electron chi connectivity index (χ3n) is 5.26. The molecule has 0 aliphatic carbocycles. The van der Waals surface area contributed by atoms with Crippen molar-refractivity contribution in [3.8, 4) is 11.5 Å². The zero-order valence-corrected chi connectivity index (χ0v) is 18.6. The predicted molar refractivity (Wildman–Crippen MR) is 122 cm³/mol. The summed E-state index contributed by atoms with van der Waals surface area (Å²) in [5.41, 5.74) is 1.69. The zero-order valence-electron chi connectivity index (χ0n) is 17.8. The molecule has 0 aromatic heterocycles. The van der Waals surface area contributed by atoms with Gasteiger partial charge in [-0.3, -0.25) is 9.10 Å². The smallest absolute Gasteiger partial charge is 0.264 e. The van der Waals surface area contributed by atoms with Crippen molar-refractivity contribution >= 4 is 21.6 Å². The summed E-state index contributed by atoms with van der Waals surface area (Å²) in [4.78, 5) is 12.9. The number of nitrogens with zero attached hydrogens (tertiary/aromatic N) is 1. The number of ether oxygens (including phenoxy) is 2. The molecule has 32 heavy (non-hydrogen) atoms. The summed E-state index contributed by atoms with van der Waals surface area (Å²) in [5, 5.41) is 2.91. The molecule has 4 rings (SSSR count).